The van der Waals surface area contributed by atoms with Crippen molar-refractivity contribution in [1.82, 2.24) is 4.90 Å². The number of carboxylic acids is 1. The first-order chi connectivity index (χ1) is 11.3. The van der Waals surface area contributed by atoms with E-state index in [1.54, 1.807) is 24.0 Å². The average molecular weight is 399 g/mol. The molecule has 0 bridgehead atoms. The fourth-order valence-electron chi connectivity index (χ4n) is 2.69. The van der Waals surface area contributed by atoms with Gasteiger partial charge in [-0.2, -0.15) is 0 Å². The Hall–Kier alpha value is -2.09. The number of ether oxygens (including phenoxy) is 1. The van der Waals surface area contributed by atoms with Crippen molar-refractivity contribution in [1.29, 1.82) is 0 Å². The quantitative estimate of drug-likeness (QED) is 0.763. The molecule has 24 heavy (non-hydrogen) atoms. The van der Waals surface area contributed by atoms with Gasteiger partial charge in [-0.05, 0) is 53.4 Å². The van der Waals surface area contributed by atoms with Crippen molar-refractivity contribution < 1.29 is 24.2 Å². The van der Waals surface area contributed by atoms with Gasteiger partial charge in [0.1, 0.15) is 0 Å². The lowest BCUT2D eigenvalue weighted by atomic mass is 9.97. The monoisotopic (exact) mass is 398 g/mol. The Morgan fingerprint density at radius 3 is 2.46 bits per heavy atom. The number of nitrogens with one attached hydrogen (secondary N) is 1. The summed E-state index contributed by atoms with van der Waals surface area (Å²) in [4.78, 5) is 36.8. The van der Waals surface area contributed by atoms with Crippen molar-refractivity contribution in [3.63, 3.8) is 0 Å². The van der Waals surface area contributed by atoms with Crippen molar-refractivity contribution in [3.05, 3.63) is 27.7 Å². The third kappa shape index (κ3) is 3.87. The Kier molecular flexibility index (Phi) is 5.82. The van der Waals surface area contributed by atoms with Crippen molar-refractivity contribution in [2.75, 3.05) is 25.5 Å². The fraction of sp³-hybridized carbons (Fsp3) is 0.438. The molecule has 8 heteroatoms. The molecule has 1 aromatic carbocycles. The fourth-order valence-corrected chi connectivity index (χ4v) is 3.28. The molecule has 0 aliphatic carbocycles. The number of amides is 2. The van der Waals surface area contributed by atoms with Gasteiger partial charge in [-0.15, -0.1) is 0 Å². The van der Waals surface area contributed by atoms with Crippen LogP contribution in [0.4, 0.5) is 10.5 Å². The van der Waals surface area contributed by atoms with E-state index in [0.717, 1.165) is 0 Å². The van der Waals surface area contributed by atoms with Crippen LogP contribution in [0.5, 0.6) is 0 Å². The molecule has 0 aromatic heterocycles. The maximum absolute atomic E-state index is 12.4. The molecule has 7 nitrogen and oxygen atoms in total. The number of esters is 1. The molecular formula is C16H19BrN2O5. The molecule has 0 unspecified atom stereocenters. The van der Waals surface area contributed by atoms with Gasteiger partial charge in [-0.1, -0.05) is 0 Å². The molecular weight excluding hydrogens is 380 g/mol. The van der Waals surface area contributed by atoms with Gasteiger partial charge in [0.05, 0.1) is 18.6 Å². The number of anilines is 1. The van der Waals surface area contributed by atoms with E-state index in [1.165, 1.54) is 7.11 Å². The lowest BCUT2D eigenvalue weighted by Gasteiger charge is -2.30. The van der Waals surface area contributed by atoms with Gasteiger partial charge in [-0.3, -0.25) is 4.79 Å². The summed E-state index contributed by atoms with van der Waals surface area (Å²) < 4.78 is 5.35. The number of rotatable bonds is 3. The summed E-state index contributed by atoms with van der Waals surface area (Å²) in [5.74, 6) is -1.70. The third-order valence-corrected chi connectivity index (χ3v) is 4.84. The van der Waals surface area contributed by atoms with E-state index in [-0.39, 0.29) is 6.03 Å². The molecule has 0 saturated carbocycles. The van der Waals surface area contributed by atoms with Crippen LogP contribution in [0, 0.1) is 12.8 Å². The molecule has 130 valence electrons. The predicted molar refractivity (Wildman–Crippen MR) is 91.2 cm³/mol. The Balaban J connectivity index is 2.10. The van der Waals surface area contributed by atoms with Crippen molar-refractivity contribution in [3.8, 4) is 0 Å². The van der Waals surface area contributed by atoms with Crippen LogP contribution in [0.2, 0.25) is 0 Å². The van der Waals surface area contributed by atoms with Crippen LogP contribution in [0.15, 0.2) is 16.6 Å². The van der Waals surface area contributed by atoms with Gasteiger partial charge in [-0.25, -0.2) is 9.59 Å². The molecule has 1 aliphatic heterocycles. The first kappa shape index (κ1) is 18.3. The number of carbonyl (C=O) groups is 3. The zero-order chi connectivity index (χ0) is 17.9. The number of nitrogens with zero attached hydrogens (tertiary/aromatic N) is 1. The second kappa shape index (κ2) is 7.65. The van der Waals surface area contributed by atoms with Crippen LogP contribution in [-0.2, 0) is 9.53 Å². The maximum Gasteiger partial charge on any atom is 0.339 e. The van der Waals surface area contributed by atoms with Crippen molar-refractivity contribution in [2.24, 2.45) is 5.92 Å². The molecule has 0 atom stereocenters. The molecule has 0 radical (unpaired) electrons. The average Bonchev–Trinajstić information content (AvgIpc) is 2.57. The Morgan fingerprint density at radius 2 is 1.92 bits per heavy atom. The number of benzene rings is 1. The van der Waals surface area contributed by atoms with Gasteiger partial charge < -0.3 is 20.1 Å². The van der Waals surface area contributed by atoms with E-state index in [4.69, 9.17) is 9.84 Å². The Bertz CT molecular complexity index is 669. The lowest BCUT2D eigenvalue weighted by Crippen LogP contribution is -2.42. The van der Waals surface area contributed by atoms with Crippen LogP contribution in [0.3, 0.4) is 0 Å². The zero-order valence-electron chi connectivity index (χ0n) is 13.5. The molecule has 1 aliphatic rings. The second-order valence-electron chi connectivity index (χ2n) is 5.62. The van der Waals surface area contributed by atoms with Crippen molar-refractivity contribution >= 4 is 39.6 Å². The van der Waals surface area contributed by atoms with Crippen LogP contribution in [-0.4, -0.2) is 48.2 Å². The third-order valence-electron chi connectivity index (χ3n) is 4.18. The normalized spacial score (nSPS) is 15.0. The summed E-state index contributed by atoms with van der Waals surface area (Å²) in [6.45, 7) is 2.51. The number of halogens is 1. The Labute approximate surface area is 148 Å². The first-order valence-electron chi connectivity index (χ1n) is 7.51. The van der Waals surface area contributed by atoms with Crippen molar-refractivity contribution in [2.45, 2.75) is 19.8 Å². The molecule has 2 N–H and O–H groups in total. The summed E-state index contributed by atoms with van der Waals surface area (Å²) in [6.07, 6.45) is 0.880. The summed E-state index contributed by atoms with van der Waals surface area (Å²) in [5, 5.41) is 11.8. The van der Waals surface area contributed by atoms with Crippen LogP contribution < -0.4 is 5.32 Å². The minimum Gasteiger partial charge on any atom is -0.481 e. The van der Waals surface area contributed by atoms with E-state index in [9.17, 15) is 14.4 Å². The molecule has 2 amide bonds. The van der Waals surface area contributed by atoms with Crippen LogP contribution in [0.25, 0.3) is 0 Å². The summed E-state index contributed by atoms with van der Waals surface area (Å²) in [6, 6.07) is 3.07. The number of carbonyl (C=O) groups excluding carboxylic acids is 2. The molecule has 1 aromatic rings. The number of methoxy groups -OCH3 is 1. The van der Waals surface area contributed by atoms with E-state index in [2.05, 4.69) is 21.2 Å². The number of likely N-dealkylation sites (tertiary alicyclic amines) is 1. The van der Waals surface area contributed by atoms with Gasteiger partial charge in [0.2, 0.25) is 0 Å². The maximum atomic E-state index is 12.4. The lowest BCUT2D eigenvalue weighted by molar-refractivity contribution is -0.143. The molecule has 1 fully saturated rings. The highest BCUT2D eigenvalue weighted by Crippen LogP contribution is 2.28. The molecule has 1 saturated heterocycles. The topological polar surface area (TPSA) is 95.9 Å². The number of hydrogen-bond acceptors (Lipinski definition) is 4. The predicted octanol–water partition coefficient (Wildman–Crippen LogP) is 2.87. The van der Waals surface area contributed by atoms with Gasteiger partial charge >= 0.3 is 18.0 Å². The van der Waals surface area contributed by atoms with Crippen LogP contribution >= 0.6 is 15.9 Å². The standard InChI is InChI=1S/C16H19BrN2O5/c1-9-12(4-3-11(17)13(9)15(22)24-2)18-16(23)19-7-5-10(6-8-19)14(20)21/h3-4,10H,5-8H2,1-2H3,(H,18,23)(H,20,21). The van der Waals surface area contributed by atoms with Gasteiger partial charge in [0.15, 0.2) is 0 Å². The zero-order valence-corrected chi connectivity index (χ0v) is 15.1. The van der Waals surface area contributed by atoms with E-state index >= 15 is 0 Å². The number of hydrogen-bond donors (Lipinski definition) is 2. The Morgan fingerprint density at radius 1 is 1.29 bits per heavy atom. The summed E-state index contributed by atoms with van der Waals surface area (Å²) >= 11 is 3.31. The SMILES string of the molecule is COC(=O)c1c(Br)ccc(NC(=O)N2CCC(C(=O)O)CC2)c1C. The van der Waals surface area contributed by atoms with E-state index in [0.29, 0.717) is 47.2 Å². The van der Waals surface area contributed by atoms with Crippen LogP contribution in [0.1, 0.15) is 28.8 Å². The summed E-state index contributed by atoms with van der Waals surface area (Å²) in [7, 11) is 1.30. The number of piperidine rings is 1. The van der Waals surface area contributed by atoms with E-state index in [1.807, 2.05) is 0 Å². The second-order valence-corrected chi connectivity index (χ2v) is 6.47. The molecule has 0 spiro atoms. The number of aliphatic carboxylic acids is 1. The molecule has 1 heterocycles. The highest BCUT2D eigenvalue weighted by molar-refractivity contribution is 9.10. The minimum atomic E-state index is -0.818. The van der Waals surface area contributed by atoms with Gasteiger partial charge in [0.25, 0.3) is 0 Å². The highest BCUT2D eigenvalue weighted by atomic mass is 79.9. The first-order valence-corrected chi connectivity index (χ1v) is 8.30. The highest BCUT2D eigenvalue weighted by Gasteiger charge is 2.27. The number of urea groups is 1. The largest absolute Gasteiger partial charge is 0.481 e. The smallest absolute Gasteiger partial charge is 0.339 e. The van der Waals surface area contributed by atoms with Gasteiger partial charge in [0, 0.05) is 23.2 Å². The van der Waals surface area contributed by atoms with E-state index < -0.39 is 17.9 Å². The summed E-state index contributed by atoms with van der Waals surface area (Å²) in [5.41, 5.74) is 1.48. The minimum absolute atomic E-state index is 0.305. The molecule has 2 rings (SSSR count). The number of carboxylic acid groups (broad SMARTS) is 1.